The number of carbonyl (C=O) groups is 1. The molecule has 0 saturated carbocycles. The molecule has 0 bridgehead atoms. The number of carbonyl (C=O) groups excluding carboxylic acids is 1. The Morgan fingerprint density at radius 2 is 1.88 bits per heavy atom. The molecule has 2 rings (SSSR count). The Morgan fingerprint density at radius 1 is 1.24 bits per heavy atom. The third-order valence-corrected chi connectivity index (χ3v) is 3.24. The van der Waals surface area contributed by atoms with E-state index in [0.717, 1.165) is 0 Å². The van der Waals surface area contributed by atoms with Gasteiger partial charge in [0.1, 0.15) is 0 Å². The first-order chi connectivity index (χ1) is 8.06. The highest BCUT2D eigenvalue weighted by molar-refractivity contribution is 7.14. The average molecular weight is 287 g/mol. The number of nitrogen functional groups attached to an aromatic ring is 1. The van der Waals surface area contributed by atoms with Crippen LogP contribution in [0.4, 0.5) is 10.7 Å². The maximum absolute atomic E-state index is 11.8. The second kappa shape index (κ2) is 4.96. The van der Waals surface area contributed by atoms with Crippen LogP contribution in [0.15, 0.2) is 29.6 Å². The highest BCUT2D eigenvalue weighted by Gasteiger charge is 2.11. The number of nitrogens with one attached hydrogen (secondary N) is 1. The molecule has 0 aliphatic rings. The van der Waals surface area contributed by atoms with Crippen LogP contribution in [0, 0.1) is 0 Å². The van der Waals surface area contributed by atoms with Gasteiger partial charge in [0.15, 0.2) is 0 Å². The summed E-state index contributed by atoms with van der Waals surface area (Å²) in [6, 6.07) is 6.50. The third kappa shape index (κ3) is 2.91. The van der Waals surface area contributed by atoms with Crippen molar-refractivity contribution in [2.24, 2.45) is 0 Å². The molecule has 0 fully saturated rings. The molecule has 1 aromatic heterocycles. The maximum atomic E-state index is 11.8. The SMILES string of the molecule is Nc1sccc1C(=O)Nc1cc(Cl)cc(Cl)c1. The van der Waals surface area contributed by atoms with Gasteiger partial charge < -0.3 is 11.1 Å². The molecule has 0 spiro atoms. The number of rotatable bonds is 2. The molecule has 3 nitrogen and oxygen atoms in total. The minimum absolute atomic E-state index is 0.276. The molecular weight excluding hydrogens is 279 g/mol. The fourth-order valence-corrected chi connectivity index (χ4v) is 2.50. The lowest BCUT2D eigenvalue weighted by molar-refractivity contribution is 0.102. The number of amides is 1. The molecule has 1 heterocycles. The van der Waals surface area contributed by atoms with E-state index in [1.54, 1.807) is 29.6 Å². The number of hydrogen-bond donors (Lipinski definition) is 2. The molecule has 0 saturated heterocycles. The van der Waals surface area contributed by atoms with E-state index in [-0.39, 0.29) is 5.91 Å². The fourth-order valence-electron chi connectivity index (χ4n) is 1.33. The van der Waals surface area contributed by atoms with Crippen LogP contribution in [0.2, 0.25) is 10.0 Å². The standard InChI is InChI=1S/C11H8Cl2N2OS/c12-6-3-7(13)5-8(4-6)15-11(16)9-1-2-17-10(9)14/h1-5H,14H2,(H,15,16). The van der Waals surface area contributed by atoms with Crippen LogP contribution in [-0.2, 0) is 0 Å². The molecular formula is C11H8Cl2N2OS. The Labute approximate surface area is 112 Å². The van der Waals surface area contributed by atoms with Gasteiger partial charge in [0.2, 0.25) is 0 Å². The fraction of sp³-hybridized carbons (Fsp3) is 0. The van der Waals surface area contributed by atoms with Gasteiger partial charge in [0, 0.05) is 15.7 Å². The molecule has 6 heteroatoms. The van der Waals surface area contributed by atoms with Gasteiger partial charge in [-0.1, -0.05) is 23.2 Å². The zero-order chi connectivity index (χ0) is 12.4. The molecule has 0 radical (unpaired) electrons. The Hall–Kier alpha value is -1.23. The van der Waals surface area contributed by atoms with Crippen molar-refractivity contribution >= 4 is 51.1 Å². The average Bonchev–Trinajstić information content (AvgIpc) is 2.62. The number of benzene rings is 1. The number of halogens is 2. The number of anilines is 2. The number of hydrogen-bond acceptors (Lipinski definition) is 3. The Balaban J connectivity index is 2.21. The van der Waals surface area contributed by atoms with Crippen molar-refractivity contribution in [1.82, 2.24) is 0 Å². The summed E-state index contributed by atoms with van der Waals surface area (Å²) < 4.78 is 0. The predicted octanol–water partition coefficient (Wildman–Crippen LogP) is 3.89. The van der Waals surface area contributed by atoms with E-state index in [0.29, 0.717) is 26.3 Å². The molecule has 2 aromatic rings. The van der Waals surface area contributed by atoms with Crippen molar-refractivity contribution in [3.8, 4) is 0 Å². The molecule has 0 atom stereocenters. The van der Waals surface area contributed by atoms with Gasteiger partial charge in [-0.15, -0.1) is 11.3 Å². The van der Waals surface area contributed by atoms with Gasteiger partial charge in [0.25, 0.3) is 5.91 Å². The molecule has 0 aliphatic heterocycles. The van der Waals surface area contributed by atoms with Crippen molar-refractivity contribution in [3.05, 3.63) is 45.3 Å². The second-order valence-electron chi connectivity index (χ2n) is 3.31. The lowest BCUT2D eigenvalue weighted by atomic mass is 10.2. The van der Waals surface area contributed by atoms with E-state index in [2.05, 4.69) is 5.32 Å². The van der Waals surface area contributed by atoms with Crippen molar-refractivity contribution < 1.29 is 4.79 Å². The normalized spacial score (nSPS) is 10.2. The highest BCUT2D eigenvalue weighted by Crippen LogP contribution is 2.24. The van der Waals surface area contributed by atoms with Gasteiger partial charge in [-0.05, 0) is 29.6 Å². The summed E-state index contributed by atoms with van der Waals surface area (Å²) in [4.78, 5) is 11.8. The molecule has 1 aromatic carbocycles. The van der Waals surface area contributed by atoms with E-state index in [9.17, 15) is 4.79 Å². The summed E-state index contributed by atoms with van der Waals surface area (Å²) in [5.74, 6) is -0.276. The molecule has 0 aliphatic carbocycles. The molecule has 88 valence electrons. The Morgan fingerprint density at radius 3 is 2.41 bits per heavy atom. The van der Waals surface area contributed by atoms with Crippen LogP contribution in [-0.4, -0.2) is 5.91 Å². The van der Waals surface area contributed by atoms with Gasteiger partial charge in [-0.25, -0.2) is 0 Å². The van der Waals surface area contributed by atoms with Crippen molar-refractivity contribution in [3.63, 3.8) is 0 Å². The van der Waals surface area contributed by atoms with Gasteiger partial charge in [-0.2, -0.15) is 0 Å². The Kier molecular flexibility index (Phi) is 3.57. The van der Waals surface area contributed by atoms with E-state index in [1.807, 2.05) is 0 Å². The summed E-state index contributed by atoms with van der Waals surface area (Å²) in [5.41, 5.74) is 6.65. The topological polar surface area (TPSA) is 55.1 Å². The summed E-state index contributed by atoms with van der Waals surface area (Å²) in [5, 5.41) is 5.85. The largest absolute Gasteiger partial charge is 0.390 e. The minimum atomic E-state index is -0.276. The van der Waals surface area contributed by atoms with E-state index in [1.165, 1.54) is 11.3 Å². The van der Waals surface area contributed by atoms with Crippen LogP contribution in [0.5, 0.6) is 0 Å². The molecule has 3 N–H and O–H groups in total. The van der Waals surface area contributed by atoms with Crippen LogP contribution in [0.1, 0.15) is 10.4 Å². The predicted molar refractivity (Wildman–Crippen MR) is 73.1 cm³/mol. The van der Waals surface area contributed by atoms with Gasteiger partial charge in [-0.3, -0.25) is 4.79 Å². The first-order valence-corrected chi connectivity index (χ1v) is 6.30. The van der Waals surface area contributed by atoms with Gasteiger partial charge in [0.05, 0.1) is 10.6 Å². The summed E-state index contributed by atoms with van der Waals surface area (Å²) in [7, 11) is 0. The number of thiophene rings is 1. The van der Waals surface area contributed by atoms with Crippen LogP contribution >= 0.6 is 34.5 Å². The van der Waals surface area contributed by atoms with E-state index < -0.39 is 0 Å². The van der Waals surface area contributed by atoms with E-state index >= 15 is 0 Å². The number of nitrogens with two attached hydrogens (primary N) is 1. The summed E-state index contributed by atoms with van der Waals surface area (Å²) in [6.45, 7) is 0. The smallest absolute Gasteiger partial charge is 0.258 e. The van der Waals surface area contributed by atoms with Crippen LogP contribution in [0.25, 0.3) is 0 Å². The Bertz CT molecular complexity index is 548. The minimum Gasteiger partial charge on any atom is -0.390 e. The maximum Gasteiger partial charge on any atom is 0.258 e. The molecule has 0 unspecified atom stereocenters. The lowest BCUT2D eigenvalue weighted by Crippen LogP contribution is -2.12. The molecule has 1 amide bonds. The van der Waals surface area contributed by atoms with Crippen LogP contribution in [0.3, 0.4) is 0 Å². The highest BCUT2D eigenvalue weighted by atomic mass is 35.5. The molecule has 17 heavy (non-hydrogen) atoms. The van der Waals surface area contributed by atoms with Crippen molar-refractivity contribution in [2.75, 3.05) is 11.1 Å². The van der Waals surface area contributed by atoms with E-state index in [4.69, 9.17) is 28.9 Å². The second-order valence-corrected chi connectivity index (χ2v) is 5.13. The zero-order valence-electron chi connectivity index (χ0n) is 8.54. The van der Waals surface area contributed by atoms with Gasteiger partial charge >= 0.3 is 0 Å². The van der Waals surface area contributed by atoms with Crippen LogP contribution < -0.4 is 11.1 Å². The summed E-state index contributed by atoms with van der Waals surface area (Å²) in [6.07, 6.45) is 0. The first-order valence-electron chi connectivity index (χ1n) is 4.66. The lowest BCUT2D eigenvalue weighted by Gasteiger charge is -2.05. The van der Waals surface area contributed by atoms with Crippen molar-refractivity contribution in [2.45, 2.75) is 0 Å². The third-order valence-electron chi connectivity index (χ3n) is 2.06. The monoisotopic (exact) mass is 286 g/mol. The zero-order valence-corrected chi connectivity index (χ0v) is 10.9. The first kappa shape index (κ1) is 12.2. The summed E-state index contributed by atoms with van der Waals surface area (Å²) >= 11 is 13.0. The van der Waals surface area contributed by atoms with Crippen molar-refractivity contribution in [1.29, 1.82) is 0 Å². The quantitative estimate of drug-likeness (QED) is 0.880.